The molecule has 1 fully saturated rings. The number of hydrogen-bond acceptors (Lipinski definition) is 4. The smallest absolute Gasteiger partial charge is 0.115 e. The van der Waals surface area contributed by atoms with E-state index in [9.17, 15) is 0 Å². The molecule has 0 aliphatic carbocycles. The lowest BCUT2D eigenvalue weighted by molar-refractivity contribution is 0.194. The maximum Gasteiger partial charge on any atom is 0.115 e. The van der Waals surface area contributed by atoms with Gasteiger partial charge in [0.25, 0.3) is 0 Å². The summed E-state index contributed by atoms with van der Waals surface area (Å²) in [6.07, 6.45) is 9.85. The van der Waals surface area contributed by atoms with Gasteiger partial charge in [-0.2, -0.15) is 0 Å². The summed E-state index contributed by atoms with van der Waals surface area (Å²) in [6, 6.07) is 2.05. The first-order chi connectivity index (χ1) is 9.86. The van der Waals surface area contributed by atoms with Crippen molar-refractivity contribution in [3.8, 4) is 0 Å². The average Bonchev–Trinajstić information content (AvgIpc) is 2.96. The van der Waals surface area contributed by atoms with Crippen LogP contribution >= 0.6 is 0 Å². The van der Waals surface area contributed by atoms with E-state index in [4.69, 9.17) is 0 Å². The van der Waals surface area contributed by atoms with Gasteiger partial charge < -0.3 is 4.57 Å². The molecule has 0 spiro atoms. The molecule has 0 unspecified atom stereocenters. The standard InChI is InChI=1S/C15H21N5/c1-2-20-12-17-8-14(20)10-19-7-3-4-13(9-19)15-5-6-16-11-18-15/h5-6,8,11-13H,2-4,7,9-10H2,1H3/t13-/m1/s1. The quantitative estimate of drug-likeness (QED) is 0.854. The highest BCUT2D eigenvalue weighted by Crippen LogP contribution is 2.25. The summed E-state index contributed by atoms with van der Waals surface area (Å²) >= 11 is 0. The van der Waals surface area contributed by atoms with Gasteiger partial charge in [0.15, 0.2) is 0 Å². The Labute approximate surface area is 119 Å². The first-order valence-corrected chi connectivity index (χ1v) is 7.34. The van der Waals surface area contributed by atoms with Crippen LogP contribution in [0.5, 0.6) is 0 Å². The van der Waals surface area contributed by atoms with E-state index in [2.05, 4.69) is 31.3 Å². The predicted molar refractivity (Wildman–Crippen MR) is 77.2 cm³/mol. The second-order valence-corrected chi connectivity index (χ2v) is 5.38. The maximum atomic E-state index is 4.41. The van der Waals surface area contributed by atoms with Crippen molar-refractivity contribution in [3.63, 3.8) is 0 Å². The van der Waals surface area contributed by atoms with Gasteiger partial charge in [0.05, 0.1) is 12.0 Å². The minimum atomic E-state index is 0.532. The van der Waals surface area contributed by atoms with Crippen LogP contribution in [0.4, 0.5) is 0 Å². The topological polar surface area (TPSA) is 46.8 Å². The van der Waals surface area contributed by atoms with E-state index < -0.39 is 0 Å². The summed E-state index contributed by atoms with van der Waals surface area (Å²) in [6.45, 7) is 6.36. The second-order valence-electron chi connectivity index (χ2n) is 5.38. The number of likely N-dealkylation sites (tertiary alicyclic amines) is 1. The summed E-state index contributed by atoms with van der Waals surface area (Å²) in [5.41, 5.74) is 2.48. The van der Waals surface area contributed by atoms with Crippen LogP contribution in [-0.2, 0) is 13.1 Å². The minimum Gasteiger partial charge on any atom is -0.334 e. The maximum absolute atomic E-state index is 4.41. The van der Waals surface area contributed by atoms with Crippen molar-refractivity contribution in [2.75, 3.05) is 13.1 Å². The molecule has 106 valence electrons. The number of piperidine rings is 1. The molecule has 0 N–H and O–H groups in total. The van der Waals surface area contributed by atoms with Crippen molar-refractivity contribution in [1.29, 1.82) is 0 Å². The molecule has 0 bridgehead atoms. The molecule has 20 heavy (non-hydrogen) atoms. The van der Waals surface area contributed by atoms with E-state index in [1.54, 1.807) is 6.33 Å². The average molecular weight is 271 g/mol. The van der Waals surface area contributed by atoms with Crippen LogP contribution < -0.4 is 0 Å². The monoisotopic (exact) mass is 271 g/mol. The summed E-state index contributed by atoms with van der Waals surface area (Å²) in [5, 5.41) is 0. The van der Waals surface area contributed by atoms with Crippen LogP contribution in [0.2, 0.25) is 0 Å². The van der Waals surface area contributed by atoms with E-state index in [0.29, 0.717) is 5.92 Å². The summed E-state index contributed by atoms with van der Waals surface area (Å²) in [5.74, 6) is 0.532. The van der Waals surface area contributed by atoms with Crippen LogP contribution in [0, 0.1) is 0 Å². The van der Waals surface area contributed by atoms with Crippen molar-refractivity contribution >= 4 is 0 Å². The Morgan fingerprint density at radius 1 is 1.35 bits per heavy atom. The third-order valence-corrected chi connectivity index (χ3v) is 4.05. The third kappa shape index (κ3) is 2.88. The highest BCUT2D eigenvalue weighted by molar-refractivity contribution is 5.08. The number of rotatable bonds is 4. The van der Waals surface area contributed by atoms with Gasteiger partial charge in [-0.15, -0.1) is 0 Å². The number of hydrogen-bond donors (Lipinski definition) is 0. The largest absolute Gasteiger partial charge is 0.334 e. The molecule has 2 aromatic rings. The molecule has 0 radical (unpaired) electrons. The minimum absolute atomic E-state index is 0.532. The highest BCUT2D eigenvalue weighted by Gasteiger charge is 2.22. The summed E-state index contributed by atoms with van der Waals surface area (Å²) in [4.78, 5) is 15.2. The Kier molecular flexibility index (Phi) is 4.06. The Balaban J connectivity index is 1.67. The molecule has 5 nitrogen and oxygen atoms in total. The van der Waals surface area contributed by atoms with Gasteiger partial charge in [0.1, 0.15) is 6.33 Å². The summed E-state index contributed by atoms with van der Waals surface area (Å²) in [7, 11) is 0. The molecule has 5 heteroatoms. The van der Waals surface area contributed by atoms with Crippen LogP contribution in [0.3, 0.4) is 0 Å². The van der Waals surface area contributed by atoms with Gasteiger partial charge in [-0.3, -0.25) is 4.90 Å². The molecule has 0 amide bonds. The van der Waals surface area contributed by atoms with Crippen molar-refractivity contribution in [3.05, 3.63) is 42.5 Å². The molecule has 1 aliphatic heterocycles. The molecular formula is C15H21N5. The first kappa shape index (κ1) is 13.2. The van der Waals surface area contributed by atoms with E-state index in [-0.39, 0.29) is 0 Å². The summed E-state index contributed by atoms with van der Waals surface area (Å²) < 4.78 is 2.22. The van der Waals surface area contributed by atoms with E-state index in [0.717, 1.165) is 26.2 Å². The van der Waals surface area contributed by atoms with Gasteiger partial charge in [0.2, 0.25) is 0 Å². The Hall–Kier alpha value is -1.75. The SMILES string of the molecule is CCn1cncc1CN1CCC[C@@H](c2ccncn2)C1. The van der Waals surface area contributed by atoms with Gasteiger partial charge in [-0.25, -0.2) is 15.0 Å². The molecule has 1 atom stereocenters. The fraction of sp³-hybridized carbons (Fsp3) is 0.533. The lowest BCUT2D eigenvalue weighted by atomic mass is 9.94. The molecule has 2 aromatic heterocycles. The van der Waals surface area contributed by atoms with Crippen LogP contribution in [0.15, 0.2) is 31.1 Å². The number of aryl methyl sites for hydroxylation is 1. The molecule has 0 saturated carbocycles. The van der Waals surface area contributed by atoms with Crippen LogP contribution in [0.25, 0.3) is 0 Å². The second kappa shape index (κ2) is 6.13. The molecule has 1 saturated heterocycles. The third-order valence-electron chi connectivity index (χ3n) is 4.05. The zero-order valence-corrected chi connectivity index (χ0v) is 11.9. The van der Waals surface area contributed by atoms with Crippen molar-refractivity contribution in [1.82, 2.24) is 24.4 Å². The molecule has 0 aromatic carbocycles. The van der Waals surface area contributed by atoms with Gasteiger partial charge in [-0.1, -0.05) is 0 Å². The van der Waals surface area contributed by atoms with Crippen molar-refractivity contribution in [2.24, 2.45) is 0 Å². The lowest BCUT2D eigenvalue weighted by Gasteiger charge is -2.32. The van der Waals surface area contributed by atoms with Gasteiger partial charge in [0, 0.05) is 43.6 Å². The van der Waals surface area contributed by atoms with E-state index >= 15 is 0 Å². The van der Waals surface area contributed by atoms with E-state index in [1.165, 1.54) is 24.2 Å². The molecule has 3 rings (SSSR count). The molecular weight excluding hydrogens is 250 g/mol. The number of nitrogens with zero attached hydrogens (tertiary/aromatic N) is 5. The fourth-order valence-electron chi connectivity index (χ4n) is 2.98. The van der Waals surface area contributed by atoms with Gasteiger partial charge in [-0.05, 0) is 32.4 Å². The first-order valence-electron chi connectivity index (χ1n) is 7.34. The van der Waals surface area contributed by atoms with E-state index in [1.807, 2.05) is 24.8 Å². The lowest BCUT2D eigenvalue weighted by Crippen LogP contribution is -2.34. The number of aromatic nitrogens is 4. The zero-order valence-electron chi connectivity index (χ0n) is 11.9. The number of imidazole rings is 1. The normalized spacial score (nSPS) is 20.1. The van der Waals surface area contributed by atoms with Gasteiger partial charge >= 0.3 is 0 Å². The molecule has 1 aliphatic rings. The van der Waals surface area contributed by atoms with Crippen molar-refractivity contribution in [2.45, 2.75) is 38.8 Å². The Morgan fingerprint density at radius 3 is 3.10 bits per heavy atom. The fourth-order valence-corrected chi connectivity index (χ4v) is 2.98. The van der Waals surface area contributed by atoms with Crippen molar-refractivity contribution < 1.29 is 0 Å². The molecule has 3 heterocycles. The highest BCUT2D eigenvalue weighted by atomic mass is 15.2. The van der Waals surface area contributed by atoms with Crippen LogP contribution in [-0.4, -0.2) is 37.5 Å². The van der Waals surface area contributed by atoms with Crippen LogP contribution in [0.1, 0.15) is 37.1 Å². The Morgan fingerprint density at radius 2 is 2.30 bits per heavy atom. The Bertz CT molecular complexity index is 536. The zero-order chi connectivity index (χ0) is 13.8. The predicted octanol–water partition coefficient (Wildman–Crippen LogP) is 2.07.